The fourth-order valence-electron chi connectivity index (χ4n) is 2.41. The van der Waals surface area contributed by atoms with Crippen molar-refractivity contribution in [3.8, 4) is 0 Å². The lowest BCUT2D eigenvalue weighted by atomic mass is 10.3. The summed E-state index contributed by atoms with van der Waals surface area (Å²) in [5.41, 5.74) is 1.32. The highest BCUT2D eigenvalue weighted by Crippen LogP contribution is 2.05. The molecule has 6 heteroatoms. The first kappa shape index (κ1) is 12.4. The molecule has 1 N–H and O–H groups in total. The number of fused-ring (bicyclic) bond motifs is 1. The van der Waals surface area contributed by atoms with E-state index in [1.165, 1.54) is 0 Å². The number of aromatic amines is 1. The van der Waals surface area contributed by atoms with Crippen LogP contribution in [-0.4, -0.2) is 52.3 Å². The molecule has 3 heterocycles. The van der Waals surface area contributed by atoms with E-state index in [-0.39, 0.29) is 5.56 Å². The summed E-state index contributed by atoms with van der Waals surface area (Å²) < 4.78 is 7.05. The Morgan fingerprint density at radius 3 is 2.95 bits per heavy atom. The van der Waals surface area contributed by atoms with Gasteiger partial charge in [-0.1, -0.05) is 0 Å². The Hall–Kier alpha value is -1.66. The van der Waals surface area contributed by atoms with Crippen molar-refractivity contribution < 1.29 is 4.74 Å². The van der Waals surface area contributed by atoms with Crippen molar-refractivity contribution in [3.63, 3.8) is 0 Å². The van der Waals surface area contributed by atoms with E-state index in [9.17, 15) is 4.79 Å². The van der Waals surface area contributed by atoms with E-state index >= 15 is 0 Å². The fraction of sp³-hybridized carbons (Fsp3) is 0.538. The van der Waals surface area contributed by atoms with Gasteiger partial charge < -0.3 is 14.3 Å². The normalized spacial score (nSPS) is 17.1. The molecule has 0 aromatic carbocycles. The highest BCUT2D eigenvalue weighted by Gasteiger charge is 2.11. The average molecular weight is 262 g/mol. The zero-order chi connectivity index (χ0) is 13.2. The maximum atomic E-state index is 12.3. The zero-order valence-corrected chi connectivity index (χ0v) is 11.1. The molecule has 0 amide bonds. The van der Waals surface area contributed by atoms with Gasteiger partial charge >= 0.3 is 0 Å². The molecule has 0 aliphatic carbocycles. The van der Waals surface area contributed by atoms with Gasteiger partial charge in [-0.25, -0.2) is 4.98 Å². The molecular weight excluding hydrogens is 244 g/mol. The Bertz CT molecular complexity index is 625. The van der Waals surface area contributed by atoms with Crippen LogP contribution in [0.1, 0.15) is 5.82 Å². The molecule has 0 unspecified atom stereocenters. The summed E-state index contributed by atoms with van der Waals surface area (Å²) >= 11 is 0. The second kappa shape index (κ2) is 5.14. The summed E-state index contributed by atoms with van der Waals surface area (Å²) in [5.74, 6) is 0.776. The van der Waals surface area contributed by atoms with Gasteiger partial charge in [0.15, 0.2) is 5.52 Å². The molecule has 6 nitrogen and oxygen atoms in total. The van der Waals surface area contributed by atoms with Crippen LogP contribution in [0.15, 0.2) is 17.1 Å². The van der Waals surface area contributed by atoms with Crippen LogP contribution in [0.3, 0.4) is 0 Å². The number of hydrogen-bond acceptors (Lipinski definition) is 4. The van der Waals surface area contributed by atoms with Gasteiger partial charge in [0.25, 0.3) is 5.56 Å². The van der Waals surface area contributed by atoms with Crippen LogP contribution in [0, 0.1) is 6.92 Å². The van der Waals surface area contributed by atoms with Gasteiger partial charge in [-0.2, -0.15) is 0 Å². The van der Waals surface area contributed by atoms with E-state index in [1.807, 2.05) is 19.2 Å². The van der Waals surface area contributed by atoms with Crippen LogP contribution in [0.4, 0.5) is 0 Å². The van der Waals surface area contributed by atoms with E-state index in [0.29, 0.717) is 12.1 Å². The Balaban J connectivity index is 1.77. The number of hydrogen-bond donors (Lipinski definition) is 1. The van der Waals surface area contributed by atoms with Gasteiger partial charge in [0, 0.05) is 32.4 Å². The predicted octanol–water partition coefficient (Wildman–Crippen LogP) is 0.365. The summed E-state index contributed by atoms with van der Waals surface area (Å²) in [6, 6.07) is 1.91. The molecule has 19 heavy (non-hydrogen) atoms. The van der Waals surface area contributed by atoms with E-state index in [2.05, 4.69) is 14.9 Å². The third-order valence-electron chi connectivity index (χ3n) is 3.50. The molecule has 2 aromatic heterocycles. The van der Waals surface area contributed by atoms with E-state index in [1.54, 1.807) is 4.57 Å². The van der Waals surface area contributed by atoms with Crippen LogP contribution in [0.25, 0.3) is 11.0 Å². The Labute approximate surface area is 111 Å². The molecule has 0 radical (unpaired) electrons. The number of nitrogens with one attached hydrogen (secondary N) is 1. The van der Waals surface area contributed by atoms with Gasteiger partial charge in [0.05, 0.1) is 18.7 Å². The third kappa shape index (κ3) is 2.54. The van der Waals surface area contributed by atoms with Crippen molar-refractivity contribution in [3.05, 3.63) is 28.4 Å². The lowest BCUT2D eigenvalue weighted by Crippen LogP contribution is -2.39. The molecule has 0 spiro atoms. The number of aryl methyl sites for hydroxylation is 1. The molecule has 1 saturated heterocycles. The Kier molecular flexibility index (Phi) is 3.35. The minimum atomic E-state index is -0.0184. The van der Waals surface area contributed by atoms with E-state index < -0.39 is 0 Å². The van der Waals surface area contributed by atoms with Crippen molar-refractivity contribution in [2.75, 3.05) is 32.8 Å². The standard InChI is InChI=1S/C13H18N4O2/c1-10-14-11-2-3-17(13(18)12(11)15-10)5-4-16-6-8-19-9-7-16/h2-3H,4-9H2,1H3,(H,14,15). The minimum Gasteiger partial charge on any atom is -0.379 e. The minimum absolute atomic E-state index is 0.0184. The fourth-order valence-corrected chi connectivity index (χ4v) is 2.41. The van der Waals surface area contributed by atoms with Crippen LogP contribution in [0.5, 0.6) is 0 Å². The van der Waals surface area contributed by atoms with Crippen LogP contribution in [0.2, 0.25) is 0 Å². The molecule has 1 aliphatic heterocycles. The number of aromatic nitrogens is 3. The number of ether oxygens (including phenoxy) is 1. The largest absolute Gasteiger partial charge is 0.379 e. The molecular formula is C13H18N4O2. The first-order chi connectivity index (χ1) is 9.24. The summed E-state index contributed by atoms with van der Waals surface area (Å²) in [6.45, 7) is 6.88. The van der Waals surface area contributed by atoms with Crippen molar-refractivity contribution >= 4 is 11.0 Å². The SMILES string of the molecule is Cc1nc2c(=O)n(CCN3CCOCC3)ccc2[nH]1. The molecule has 1 aliphatic rings. The number of morpholine rings is 1. The van der Waals surface area contributed by atoms with E-state index in [4.69, 9.17) is 4.74 Å². The molecule has 0 atom stereocenters. The second-order valence-electron chi connectivity index (χ2n) is 4.85. The monoisotopic (exact) mass is 262 g/mol. The summed E-state index contributed by atoms with van der Waals surface area (Å²) in [7, 11) is 0. The summed E-state index contributed by atoms with van der Waals surface area (Å²) in [6.07, 6.45) is 1.84. The van der Waals surface area contributed by atoms with Crippen LogP contribution < -0.4 is 5.56 Å². The maximum Gasteiger partial charge on any atom is 0.278 e. The van der Waals surface area contributed by atoms with Crippen LogP contribution >= 0.6 is 0 Å². The smallest absolute Gasteiger partial charge is 0.278 e. The molecule has 1 fully saturated rings. The molecule has 0 saturated carbocycles. The zero-order valence-electron chi connectivity index (χ0n) is 11.1. The predicted molar refractivity (Wildman–Crippen MR) is 72.3 cm³/mol. The lowest BCUT2D eigenvalue weighted by molar-refractivity contribution is 0.0363. The molecule has 3 rings (SSSR count). The molecule has 0 bridgehead atoms. The van der Waals surface area contributed by atoms with Crippen molar-refractivity contribution in [2.24, 2.45) is 0 Å². The third-order valence-corrected chi connectivity index (χ3v) is 3.50. The number of nitrogens with zero attached hydrogens (tertiary/aromatic N) is 3. The summed E-state index contributed by atoms with van der Waals surface area (Å²) in [4.78, 5) is 21.9. The van der Waals surface area contributed by atoms with Crippen molar-refractivity contribution in [1.29, 1.82) is 0 Å². The first-order valence-corrected chi connectivity index (χ1v) is 6.60. The second-order valence-corrected chi connectivity index (χ2v) is 4.85. The van der Waals surface area contributed by atoms with Gasteiger partial charge in [-0.15, -0.1) is 0 Å². The van der Waals surface area contributed by atoms with Gasteiger partial charge in [0.1, 0.15) is 5.82 Å². The lowest BCUT2D eigenvalue weighted by Gasteiger charge is -2.26. The Morgan fingerprint density at radius 2 is 2.16 bits per heavy atom. The maximum absolute atomic E-state index is 12.3. The highest BCUT2D eigenvalue weighted by atomic mass is 16.5. The van der Waals surface area contributed by atoms with E-state index in [0.717, 1.165) is 44.2 Å². The average Bonchev–Trinajstić information content (AvgIpc) is 2.81. The Morgan fingerprint density at radius 1 is 1.37 bits per heavy atom. The number of H-pyrrole nitrogens is 1. The van der Waals surface area contributed by atoms with Gasteiger partial charge in [-0.05, 0) is 13.0 Å². The van der Waals surface area contributed by atoms with Crippen molar-refractivity contribution in [1.82, 2.24) is 19.4 Å². The van der Waals surface area contributed by atoms with Crippen LogP contribution in [-0.2, 0) is 11.3 Å². The summed E-state index contributed by atoms with van der Waals surface area (Å²) in [5, 5.41) is 0. The van der Waals surface area contributed by atoms with Gasteiger partial charge in [0.2, 0.25) is 0 Å². The number of rotatable bonds is 3. The molecule has 102 valence electrons. The number of imidazole rings is 1. The first-order valence-electron chi connectivity index (χ1n) is 6.60. The highest BCUT2D eigenvalue weighted by molar-refractivity contribution is 5.73. The van der Waals surface area contributed by atoms with Gasteiger partial charge in [-0.3, -0.25) is 9.69 Å². The number of pyridine rings is 1. The quantitative estimate of drug-likeness (QED) is 0.868. The topological polar surface area (TPSA) is 63.1 Å². The van der Waals surface area contributed by atoms with Crippen molar-refractivity contribution in [2.45, 2.75) is 13.5 Å². The molecule has 2 aromatic rings.